The molecule has 0 aromatic heterocycles. The largest absolute Gasteiger partial charge is 0.458 e. The van der Waals surface area contributed by atoms with E-state index in [9.17, 15) is 76.3 Å². The third kappa shape index (κ3) is 11.2. The highest BCUT2D eigenvalue weighted by atomic mass is 19.4. The first-order valence-corrected chi connectivity index (χ1v) is 13.1. The Hall–Kier alpha value is -4.59. The summed E-state index contributed by atoms with van der Waals surface area (Å²) in [5.41, 5.74) is 2.82. The number of carbonyl (C=O) groups excluding carboxylic acids is 4. The van der Waals surface area contributed by atoms with Gasteiger partial charge < -0.3 is 20.3 Å². The second-order valence-corrected chi connectivity index (χ2v) is 10.3. The Kier molecular flexibility index (Phi) is 13.3. The van der Waals surface area contributed by atoms with E-state index in [1.54, 1.807) is 0 Å². The number of primary amides is 1. The van der Waals surface area contributed by atoms with Crippen molar-refractivity contribution < 1.29 is 81.0 Å². The van der Waals surface area contributed by atoms with Gasteiger partial charge in [0.05, 0.1) is 0 Å². The Balaban J connectivity index is 0.000000500. The quantitative estimate of drug-likeness (QED) is 0.220. The number of benzene rings is 2. The molecule has 274 valence electrons. The molecule has 0 aliphatic heterocycles. The van der Waals surface area contributed by atoms with Gasteiger partial charge in [-0.1, -0.05) is 24.3 Å². The number of carbonyl (C=O) groups is 4. The van der Waals surface area contributed by atoms with Crippen molar-refractivity contribution in [3.63, 3.8) is 0 Å². The molecule has 0 unspecified atom stereocenters. The molecule has 0 bridgehead atoms. The lowest BCUT2D eigenvalue weighted by Gasteiger charge is -2.22. The summed E-state index contributed by atoms with van der Waals surface area (Å²) >= 11 is 0. The van der Waals surface area contributed by atoms with E-state index in [-0.39, 0.29) is 23.2 Å². The highest BCUT2D eigenvalue weighted by Gasteiger charge is 2.59. The van der Waals surface area contributed by atoms with Crippen LogP contribution in [0.2, 0.25) is 0 Å². The maximum Gasteiger partial charge on any atom is 0.458 e. The number of halogens is 13. The first-order valence-electron chi connectivity index (χ1n) is 13.1. The fourth-order valence-corrected chi connectivity index (χ4v) is 3.67. The second-order valence-electron chi connectivity index (χ2n) is 10.3. The molecule has 0 saturated heterocycles. The number of hydrogen-bond donors (Lipinski definition) is 1. The highest BCUT2D eigenvalue weighted by Crippen LogP contribution is 2.45. The third-order valence-electron chi connectivity index (χ3n) is 6.38. The summed E-state index contributed by atoms with van der Waals surface area (Å²) in [5.74, 6) is -15.5. The van der Waals surface area contributed by atoms with Crippen molar-refractivity contribution in [2.24, 2.45) is 5.73 Å². The number of alkyl halides is 13. The van der Waals surface area contributed by atoms with Crippen LogP contribution < -0.4 is 5.73 Å². The number of esters is 1. The first kappa shape index (κ1) is 42.4. The van der Waals surface area contributed by atoms with E-state index in [1.807, 2.05) is 0 Å². The predicted molar refractivity (Wildman–Crippen MR) is 141 cm³/mol. The van der Waals surface area contributed by atoms with Gasteiger partial charge in [-0.3, -0.25) is 14.4 Å². The third-order valence-corrected chi connectivity index (χ3v) is 6.38. The van der Waals surface area contributed by atoms with E-state index in [0.717, 1.165) is 24.1 Å². The van der Waals surface area contributed by atoms with Crippen LogP contribution >= 0.6 is 0 Å². The zero-order valence-electron chi connectivity index (χ0n) is 25.5. The Labute approximate surface area is 268 Å². The van der Waals surface area contributed by atoms with Crippen molar-refractivity contribution in [2.45, 2.75) is 57.3 Å². The molecule has 0 spiro atoms. The standard InChI is InChI=1S/C15H13F8NO3.C13H13F5N2O2/c1-8-5-10(14(19,20)15(21,22)23)4-3-9(8)6-24(2)11(25)12(26)27-7-13(16,17)18;1-7-5-9(12(14,15)13(16,17)18)4-3-8(7)6-20(2)11(22)10(19)21/h3-5H,6-7H2,1-2H3;3-5H,6H2,1-2H3,(H2,19,21). The average molecular weight is 732 g/mol. The Bertz CT molecular complexity index is 1540. The second kappa shape index (κ2) is 15.3. The van der Waals surface area contributed by atoms with E-state index >= 15 is 0 Å². The number of amides is 3. The zero-order chi connectivity index (χ0) is 38.5. The Morgan fingerprint density at radius 1 is 0.633 bits per heavy atom. The summed E-state index contributed by atoms with van der Waals surface area (Å²) in [7, 11) is 2.28. The summed E-state index contributed by atoms with van der Waals surface area (Å²) in [6.07, 6.45) is -16.3. The van der Waals surface area contributed by atoms with Crippen LogP contribution in [0.15, 0.2) is 36.4 Å². The van der Waals surface area contributed by atoms with Gasteiger partial charge >= 0.3 is 54.1 Å². The van der Waals surface area contributed by atoms with Crippen LogP contribution in [0.1, 0.15) is 33.4 Å². The molecule has 2 aromatic carbocycles. The molecule has 0 fully saturated rings. The molecule has 3 amide bonds. The molecule has 0 radical (unpaired) electrons. The van der Waals surface area contributed by atoms with Crippen LogP contribution in [0.25, 0.3) is 0 Å². The molecule has 0 saturated carbocycles. The number of nitrogens with zero attached hydrogens (tertiary/aromatic N) is 2. The van der Waals surface area contributed by atoms with Crippen LogP contribution in [0.3, 0.4) is 0 Å². The van der Waals surface area contributed by atoms with Crippen LogP contribution in [-0.2, 0) is 48.8 Å². The lowest BCUT2D eigenvalue weighted by molar-refractivity contribution is -0.289. The predicted octanol–water partition coefficient (Wildman–Crippen LogP) is 5.81. The topological polar surface area (TPSA) is 110 Å². The van der Waals surface area contributed by atoms with Gasteiger partial charge in [0.25, 0.3) is 0 Å². The average Bonchev–Trinajstić information content (AvgIpc) is 2.95. The van der Waals surface area contributed by atoms with Gasteiger partial charge in [0, 0.05) is 38.3 Å². The van der Waals surface area contributed by atoms with Gasteiger partial charge in [-0.05, 0) is 48.2 Å². The van der Waals surface area contributed by atoms with Crippen LogP contribution in [0.4, 0.5) is 57.1 Å². The monoisotopic (exact) mass is 731 g/mol. The van der Waals surface area contributed by atoms with E-state index < -0.39 is 78.3 Å². The Morgan fingerprint density at radius 3 is 1.27 bits per heavy atom. The normalized spacial score (nSPS) is 12.4. The van der Waals surface area contributed by atoms with Gasteiger partial charge in [0.2, 0.25) is 0 Å². The van der Waals surface area contributed by atoms with Crippen LogP contribution in [0.5, 0.6) is 0 Å². The first-order chi connectivity index (χ1) is 21.9. The molecule has 0 atom stereocenters. The summed E-state index contributed by atoms with van der Waals surface area (Å²) in [4.78, 5) is 46.5. The lowest BCUT2D eigenvalue weighted by atomic mass is 10.0. The highest BCUT2D eigenvalue weighted by molar-refractivity contribution is 6.34. The molecule has 8 nitrogen and oxygen atoms in total. The van der Waals surface area contributed by atoms with Crippen LogP contribution in [0, 0.1) is 13.8 Å². The molecule has 0 heterocycles. The van der Waals surface area contributed by atoms with E-state index in [1.165, 1.54) is 20.9 Å². The molecular formula is C28H26F13N3O5. The zero-order valence-corrected chi connectivity index (χ0v) is 25.5. The Morgan fingerprint density at radius 2 is 0.980 bits per heavy atom. The van der Waals surface area contributed by atoms with E-state index in [4.69, 9.17) is 5.73 Å². The lowest BCUT2D eigenvalue weighted by Crippen LogP contribution is -2.37. The van der Waals surface area contributed by atoms with Crippen molar-refractivity contribution in [1.29, 1.82) is 0 Å². The molecule has 49 heavy (non-hydrogen) atoms. The summed E-state index contributed by atoms with van der Waals surface area (Å²) in [5, 5.41) is 0. The minimum Gasteiger partial charge on any atom is -0.449 e. The fraction of sp³-hybridized carbons (Fsp3) is 0.429. The van der Waals surface area contributed by atoms with Gasteiger partial charge in [-0.2, -0.15) is 57.1 Å². The summed E-state index contributed by atoms with van der Waals surface area (Å²) in [6.45, 7) is -0.0136. The number of ether oxygens (including phenoxy) is 1. The smallest absolute Gasteiger partial charge is 0.449 e. The van der Waals surface area contributed by atoms with E-state index in [2.05, 4.69) is 4.74 Å². The fourth-order valence-electron chi connectivity index (χ4n) is 3.67. The molecule has 0 aliphatic rings. The SMILES string of the molecule is Cc1cc(C(F)(F)C(F)(F)F)ccc1CN(C)C(=O)C(=O)OCC(F)(F)F.Cc1cc(C(F)(F)C(F)(F)F)ccc1CN(C)C(=O)C(N)=O. The number of hydrogen-bond acceptors (Lipinski definition) is 5. The van der Waals surface area contributed by atoms with Crippen molar-refractivity contribution in [1.82, 2.24) is 9.80 Å². The molecule has 0 aliphatic carbocycles. The molecular weight excluding hydrogens is 705 g/mol. The molecule has 2 aromatic rings. The summed E-state index contributed by atoms with van der Waals surface area (Å²) < 4.78 is 167. The molecule has 2 rings (SSSR count). The van der Waals surface area contributed by atoms with Crippen molar-refractivity contribution >= 4 is 23.7 Å². The van der Waals surface area contributed by atoms with Crippen molar-refractivity contribution in [3.8, 4) is 0 Å². The van der Waals surface area contributed by atoms with Crippen molar-refractivity contribution in [2.75, 3.05) is 20.7 Å². The minimum absolute atomic E-state index is 0.0419. The maximum atomic E-state index is 13.3. The van der Waals surface area contributed by atoms with E-state index in [0.29, 0.717) is 34.7 Å². The number of aryl methyl sites for hydroxylation is 2. The van der Waals surface area contributed by atoms with Crippen molar-refractivity contribution in [3.05, 3.63) is 69.8 Å². The summed E-state index contributed by atoms with van der Waals surface area (Å²) in [6, 6.07) is 4.37. The van der Waals surface area contributed by atoms with Crippen LogP contribution in [-0.4, -0.2) is 72.7 Å². The number of nitrogens with two attached hydrogens (primary N) is 1. The number of likely N-dealkylation sites (N-methyl/N-ethyl adjacent to an activating group) is 2. The molecule has 21 heteroatoms. The number of rotatable bonds is 7. The van der Waals surface area contributed by atoms with Gasteiger partial charge in [0.1, 0.15) is 0 Å². The van der Waals surface area contributed by atoms with Gasteiger partial charge in [-0.15, -0.1) is 0 Å². The minimum atomic E-state index is -5.80. The van der Waals surface area contributed by atoms with Gasteiger partial charge in [-0.25, -0.2) is 4.79 Å². The van der Waals surface area contributed by atoms with Gasteiger partial charge in [0.15, 0.2) is 6.61 Å². The maximum absolute atomic E-state index is 13.3. The molecule has 2 N–H and O–H groups in total.